The second kappa shape index (κ2) is 8.42. The van der Waals surface area contributed by atoms with E-state index < -0.39 is 15.8 Å². The highest BCUT2D eigenvalue weighted by molar-refractivity contribution is 7.93. The standard InChI is InChI=1S/C19H14ClFN4O3S2/c20-14-3-1-13(2-4-14)12-25-9-7-18(23-25)28-17-6-5-15(11-16(17)21)30(26,27)24-19-22-8-10-29-19/h1-11H,12H2,(H,22,24). The monoisotopic (exact) mass is 464 g/mol. The van der Waals surface area contributed by atoms with E-state index in [1.165, 1.54) is 18.3 Å². The van der Waals surface area contributed by atoms with Crippen LogP contribution in [0.25, 0.3) is 0 Å². The summed E-state index contributed by atoms with van der Waals surface area (Å²) in [5.41, 5.74) is 0.988. The van der Waals surface area contributed by atoms with Crippen molar-refractivity contribution in [3.63, 3.8) is 0 Å². The lowest BCUT2D eigenvalue weighted by Gasteiger charge is -2.08. The van der Waals surface area contributed by atoms with Crippen molar-refractivity contribution in [3.8, 4) is 11.6 Å². The third-order valence-electron chi connectivity index (χ3n) is 3.96. The van der Waals surface area contributed by atoms with Crippen LogP contribution in [0.2, 0.25) is 5.02 Å². The lowest BCUT2D eigenvalue weighted by Crippen LogP contribution is -2.13. The minimum atomic E-state index is -3.96. The summed E-state index contributed by atoms with van der Waals surface area (Å²) in [4.78, 5) is 3.61. The third kappa shape index (κ3) is 4.78. The van der Waals surface area contributed by atoms with Gasteiger partial charge in [-0.15, -0.1) is 16.4 Å². The van der Waals surface area contributed by atoms with Gasteiger partial charge >= 0.3 is 0 Å². The van der Waals surface area contributed by atoms with E-state index in [2.05, 4.69) is 14.8 Å². The second-order valence-electron chi connectivity index (χ2n) is 6.12. The van der Waals surface area contributed by atoms with Gasteiger partial charge in [-0.05, 0) is 35.9 Å². The van der Waals surface area contributed by atoms with Gasteiger partial charge in [-0.2, -0.15) is 0 Å². The molecule has 4 aromatic rings. The first-order chi connectivity index (χ1) is 14.4. The zero-order valence-corrected chi connectivity index (χ0v) is 17.6. The number of anilines is 1. The Bertz CT molecular complexity index is 1260. The largest absolute Gasteiger partial charge is 0.434 e. The Morgan fingerprint density at radius 2 is 1.97 bits per heavy atom. The first-order valence-corrected chi connectivity index (χ1v) is 11.3. The van der Waals surface area contributed by atoms with Crippen molar-refractivity contribution in [2.24, 2.45) is 0 Å². The number of rotatable bonds is 7. The first-order valence-electron chi connectivity index (χ1n) is 8.57. The van der Waals surface area contributed by atoms with Crippen molar-refractivity contribution >= 4 is 38.1 Å². The van der Waals surface area contributed by atoms with Gasteiger partial charge in [0.15, 0.2) is 16.7 Å². The van der Waals surface area contributed by atoms with Crippen LogP contribution in [0.1, 0.15) is 5.56 Å². The van der Waals surface area contributed by atoms with Crippen LogP contribution >= 0.6 is 22.9 Å². The Balaban J connectivity index is 1.46. The predicted molar refractivity (Wildman–Crippen MR) is 112 cm³/mol. The molecule has 154 valence electrons. The average molecular weight is 465 g/mol. The maximum absolute atomic E-state index is 14.5. The van der Waals surface area contributed by atoms with E-state index in [9.17, 15) is 12.8 Å². The van der Waals surface area contributed by atoms with Gasteiger partial charge in [0, 0.05) is 28.9 Å². The summed E-state index contributed by atoms with van der Waals surface area (Å²) in [5.74, 6) is -0.788. The Morgan fingerprint density at radius 1 is 1.17 bits per heavy atom. The number of aromatic nitrogens is 3. The molecule has 2 heterocycles. The smallest absolute Gasteiger partial charge is 0.263 e. The molecule has 2 aromatic heterocycles. The topological polar surface area (TPSA) is 86.1 Å². The van der Waals surface area contributed by atoms with Crippen LogP contribution in [-0.4, -0.2) is 23.2 Å². The normalized spacial score (nSPS) is 11.4. The minimum absolute atomic E-state index is 0.139. The molecule has 0 amide bonds. The number of benzene rings is 2. The lowest BCUT2D eigenvalue weighted by molar-refractivity contribution is 0.418. The molecule has 0 aliphatic rings. The van der Waals surface area contributed by atoms with Gasteiger partial charge in [0.1, 0.15) is 0 Å². The summed E-state index contributed by atoms with van der Waals surface area (Å²) in [6.07, 6.45) is 3.16. The predicted octanol–water partition coefficient (Wildman–Crippen LogP) is 4.77. The summed E-state index contributed by atoms with van der Waals surface area (Å²) < 4.78 is 48.5. The van der Waals surface area contributed by atoms with Crippen molar-refractivity contribution < 1.29 is 17.5 Å². The number of nitrogens with one attached hydrogen (secondary N) is 1. The highest BCUT2D eigenvalue weighted by Crippen LogP contribution is 2.27. The molecule has 0 aliphatic carbocycles. The zero-order valence-electron chi connectivity index (χ0n) is 15.2. The van der Waals surface area contributed by atoms with Crippen LogP contribution in [0.15, 0.2) is 71.2 Å². The molecule has 0 spiro atoms. The van der Waals surface area contributed by atoms with Crippen LogP contribution < -0.4 is 9.46 Å². The van der Waals surface area contributed by atoms with E-state index in [4.69, 9.17) is 16.3 Å². The maximum atomic E-state index is 14.5. The summed E-state index contributed by atoms with van der Waals surface area (Å²) in [6, 6.07) is 12.3. The molecular weight excluding hydrogens is 451 g/mol. The molecule has 0 aliphatic heterocycles. The minimum Gasteiger partial charge on any atom is -0.434 e. The van der Waals surface area contributed by atoms with Crippen LogP contribution in [0.5, 0.6) is 11.6 Å². The number of nitrogens with zero attached hydrogens (tertiary/aromatic N) is 3. The quantitative estimate of drug-likeness (QED) is 0.425. The van der Waals surface area contributed by atoms with Gasteiger partial charge in [0.25, 0.3) is 10.0 Å². The average Bonchev–Trinajstić information content (AvgIpc) is 3.37. The molecular formula is C19H14ClFN4O3S2. The van der Waals surface area contributed by atoms with Crippen LogP contribution in [-0.2, 0) is 16.6 Å². The summed E-state index contributed by atoms with van der Waals surface area (Å²) >= 11 is 7.00. The van der Waals surface area contributed by atoms with Gasteiger partial charge in [0.05, 0.1) is 11.4 Å². The molecule has 4 rings (SSSR count). The third-order valence-corrected chi connectivity index (χ3v) is 6.36. The van der Waals surface area contributed by atoms with E-state index in [1.807, 2.05) is 12.1 Å². The molecule has 30 heavy (non-hydrogen) atoms. The molecule has 2 aromatic carbocycles. The van der Waals surface area contributed by atoms with E-state index in [0.717, 1.165) is 23.0 Å². The van der Waals surface area contributed by atoms with Crippen molar-refractivity contribution in [2.45, 2.75) is 11.4 Å². The maximum Gasteiger partial charge on any atom is 0.263 e. The number of ether oxygens (including phenoxy) is 1. The summed E-state index contributed by atoms with van der Waals surface area (Å²) in [6.45, 7) is 0.489. The number of halogens is 2. The Labute approximate surface area is 180 Å². The fourth-order valence-electron chi connectivity index (χ4n) is 2.55. The van der Waals surface area contributed by atoms with E-state index in [0.29, 0.717) is 11.6 Å². The Kier molecular flexibility index (Phi) is 5.71. The SMILES string of the molecule is O=S(=O)(Nc1nccs1)c1ccc(Oc2ccn(Cc3ccc(Cl)cc3)n2)c(F)c1. The molecule has 0 bridgehead atoms. The molecule has 0 saturated heterocycles. The van der Waals surface area contributed by atoms with Crippen LogP contribution in [0.4, 0.5) is 9.52 Å². The summed E-state index contributed by atoms with van der Waals surface area (Å²) in [7, 11) is -3.96. The van der Waals surface area contributed by atoms with Crippen molar-refractivity contribution in [3.05, 3.63) is 82.7 Å². The van der Waals surface area contributed by atoms with Gasteiger partial charge in [-0.3, -0.25) is 9.40 Å². The number of thiazole rings is 1. The van der Waals surface area contributed by atoms with Gasteiger partial charge in [-0.25, -0.2) is 17.8 Å². The fourth-order valence-corrected chi connectivity index (χ4v) is 4.48. The Morgan fingerprint density at radius 3 is 2.67 bits per heavy atom. The molecule has 0 radical (unpaired) electrons. The molecule has 1 N–H and O–H groups in total. The highest BCUT2D eigenvalue weighted by Gasteiger charge is 2.18. The number of hydrogen-bond donors (Lipinski definition) is 1. The zero-order chi connectivity index (χ0) is 21.1. The van der Waals surface area contributed by atoms with E-state index >= 15 is 0 Å². The first kappa shape index (κ1) is 20.3. The van der Waals surface area contributed by atoms with Crippen molar-refractivity contribution in [1.29, 1.82) is 0 Å². The highest BCUT2D eigenvalue weighted by atomic mass is 35.5. The van der Waals surface area contributed by atoms with E-state index in [1.54, 1.807) is 34.5 Å². The van der Waals surface area contributed by atoms with Crippen molar-refractivity contribution in [1.82, 2.24) is 14.8 Å². The fraction of sp³-hybridized carbons (Fsp3) is 0.0526. The van der Waals surface area contributed by atoms with Gasteiger partial charge in [-0.1, -0.05) is 23.7 Å². The summed E-state index contributed by atoms with van der Waals surface area (Å²) in [5, 5.41) is 6.71. The molecule has 0 fully saturated rings. The lowest BCUT2D eigenvalue weighted by atomic mass is 10.2. The van der Waals surface area contributed by atoms with E-state index in [-0.39, 0.29) is 21.7 Å². The van der Waals surface area contributed by atoms with Crippen LogP contribution in [0, 0.1) is 5.82 Å². The number of hydrogen-bond acceptors (Lipinski definition) is 6. The molecule has 0 unspecified atom stereocenters. The van der Waals surface area contributed by atoms with Crippen molar-refractivity contribution in [2.75, 3.05) is 4.72 Å². The molecule has 0 atom stereocenters. The van der Waals surface area contributed by atoms with Gasteiger partial charge in [0.2, 0.25) is 5.88 Å². The molecule has 11 heteroatoms. The Hall–Kier alpha value is -2.95. The van der Waals surface area contributed by atoms with Gasteiger partial charge < -0.3 is 4.74 Å². The number of sulfonamides is 1. The molecule has 0 saturated carbocycles. The van der Waals surface area contributed by atoms with Crippen LogP contribution in [0.3, 0.4) is 0 Å². The second-order valence-corrected chi connectivity index (χ2v) is 9.13. The molecule has 7 nitrogen and oxygen atoms in total.